The number of methoxy groups -OCH3 is 1. The number of rotatable bonds is 9. The number of hydrogen-bond acceptors (Lipinski definition) is 6. The molecule has 1 saturated carbocycles. The number of aliphatic hydroxyl groups excluding tert-OH is 1. The number of aliphatic hydroxyl groups is 2. The molecule has 1 amide bonds. The Hall–Kier alpha value is -3.03. The SMILES string of the molecule is COc1cc(N2CC=C(Oc3ccc(C4CC4)cc3)C2=O)ccc1OCC(C)(O)CO. The average molecular weight is 425 g/mol. The van der Waals surface area contributed by atoms with Crippen molar-refractivity contribution in [3.05, 3.63) is 59.9 Å². The van der Waals surface area contributed by atoms with Crippen LogP contribution < -0.4 is 19.1 Å². The van der Waals surface area contributed by atoms with Crippen molar-refractivity contribution in [2.45, 2.75) is 31.3 Å². The summed E-state index contributed by atoms with van der Waals surface area (Å²) in [6, 6.07) is 13.0. The molecule has 1 aliphatic heterocycles. The van der Waals surface area contributed by atoms with Gasteiger partial charge in [-0.2, -0.15) is 0 Å². The van der Waals surface area contributed by atoms with Crippen LogP contribution in [0.1, 0.15) is 31.2 Å². The first kappa shape index (κ1) is 21.2. The molecule has 0 spiro atoms. The molecule has 1 heterocycles. The number of amides is 1. The predicted molar refractivity (Wildman–Crippen MR) is 116 cm³/mol. The van der Waals surface area contributed by atoms with Crippen molar-refractivity contribution in [3.8, 4) is 17.2 Å². The van der Waals surface area contributed by atoms with Crippen LogP contribution in [0, 0.1) is 0 Å². The van der Waals surface area contributed by atoms with E-state index >= 15 is 0 Å². The predicted octanol–water partition coefficient (Wildman–Crippen LogP) is 3.00. The zero-order valence-electron chi connectivity index (χ0n) is 17.7. The number of nitrogens with zero attached hydrogens (tertiary/aromatic N) is 1. The standard InChI is InChI=1S/C24H27NO6/c1-24(28,14-26)15-30-20-10-7-18(13-22(20)29-2)25-12-11-21(23(25)27)31-19-8-5-17(6-9-19)16-3-4-16/h5-11,13,16,26,28H,3-4,12,14-15H2,1-2H3. The van der Waals surface area contributed by atoms with Gasteiger partial charge in [0.1, 0.15) is 18.0 Å². The first-order valence-corrected chi connectivity index (χ1v) is 10.3. The molecule has 0 radical (unpaired) electrons. The van der Waals surface area contributed by atoms with E-state index in [4.69, 9.17) is 19.3 Å². The minimum absolute atomic E-state index is 0.0963. The van der Waals surface area contributed by atoms with E-state index in [2.05, 4.69) is 12.1 Å². The monoisotopic (exact) mass is 425 g/mol. The summed E-state index contributed by atoms with van der Waals surface area (Å²) in [4.78, 5) is 14.5. The number of benzene rings is 2. The molecule has 2 aromatic rings. The highest BCUT2D eigenvalue weighted by Gasteiger charge is 2.29. The van der Waals surface area contributed by atoms with Crippen LogP contribution in [0.2, 0.25) is 0 Å². The highest BCUT2D eigenvalue weighted by Crippen LogP contribution is 2.40. The summed E-state index contributed by atoms with van der Waals surface area (Å²) in [6.07, 6.45) is 4.24. The van der Waals surface area contributed by atoms with Crippen molar-refractivity contribution in [1.29, 1.82) is 0 Å². The summed E-state index contributed by atoms with van der Waals surface area (Å²) in [6.45, 7) is 1.34. The summed E-state index contributed by atoms with van der Waals surface area (Å²) < 4.78 is 16.8. The third kappa shape index (κ3) is 4.84. The van der Waals surface area contributed by atoms with Crippen molar-refractivity contribution in [2.24, 2.45) is 0 Å². The second-order valence-corrected chi connectivity index (χ2v) is 8.21. The van der Waals surface area contributed by atoms with Crippen molar-refractivity contribution in [2.75, 3.05) is 31.8 Å². The third-order valence-electron chi connectivity index (χ3n) is 5.41. The Kier molecular flexibility index (Phi) is 5.89. The fourth-order valence-corrected chi connectivity index (χ4v) is 3.36. The molecule has 2 aliphatic rings. The quantitative estimate of drug-likeness (QED) is 0.642. The first-order chi connectivity index (χ1) is 14.9. The Labute approximate surface area is 181 Å². The summed E-state index contributed by atoms with van der Waals surface area (Å²) in [5, 5.41) is 19.1. The lowest BCUT2D eigenvalue weighted by atomic mass is 10.1. The fraction of sp³-hybridized carbons (Fsp3) is 0.375. The second kappa shape index (κ2) is 8.61. The number of carbonyl (C=O) groups is 1. The molecular formula is C24H27NO6. The topological polar surface area (TPSA) is 88.5 Å². The Morgan fingerprint density at radius 1 is 1.13 bits per heavy atom. The molecule has 1 atom stereocenters. The van der Waals surface area contributed by atoms with Crippen molar-refractivity contribution >= 4 is 11.6 Å². The van der Waals surface area contributed by atoms with Crippen LogP contribution in [0.15, 0.2) is 54.3 Å². The van der Waals surface area contributed by atoms with Gasteiger partial charge in [0.2, 0.25) is 0 Å². The number of anilines is 1. The molecule has 164 valence electrons. The van der Waals surface area contributed by atoms with Crippen molar-refractivity contribution in [3.63, 3.8) is 0 Å². The van der Waals surface area contributed by atoms with Gasteiger partial charge in [-0.15, -0.1) is 0 Å². The van der Waals surface area contributed by atoms with Crippen LogP contribution in [0.25, 0.3) is 0 Å². The third-order valence-corrected chi connectivity index (χ3v) is 5.41. The van der Waals surface area contributed by atoms with Crippen LogP contribution in [0.4, 0.5) is 5.69 Å². The van der Waals surface area contributed by atoms with Gasteiger partial charge in [-0.25, -0.2) is 0 Å². The summed E-state index contributed by atoms with van der Waals surface area (Å²) in [5.41, 5.74) is 0.597. The van der Waals surface area contributed by atoms with E-state index in [-0.39, 0.29) is 18.3 Å². The van der Waals surface area contributed by atoms with E-state index in [1.54, 1.807) is 29.2 Å². The highest BCUT2D eigenvalue weighted by molar-refractivity contribution is 6.07. The zero-order chi connectivity index (χ0) is 22.0. The van der Waals surface area contributed by atoms with Crippen LogP contribution in [0.5, 0.6) is 17.2 Å². The second-order valence-electron chi connectivity index (χ2n) is 8.21. The molecule has 2 N–H and O–H groups in total. The van der Waals surface area contributed by atoms with E-state index in [0.29, 0.717) is 35.4 Å². The van der Waals surface area contributed by atoms with Gasteiger partial charge in [0.05, 0.1) is 13.7 Å². The average Bonchev–Trinajstić information content (AvgIpc) is 3.57. The first-order valence-electron chi connectivity index (χ1n) is 10.3. The van der Waals surface area contributed by atoms with Crippen molar-refractivity contribution < 1.29 is 29.2 Å². The van der Waals surface area contributed by atoms with Gasteiger partial charge in [0.25, 0.3) is 5.91 Å². The molecular weight excluding hydrogens is 398 g/mol. The van der Waals surface area contributed by atoms with E-state index < -0.39 is 12.2 Å². The van der Waals surface area contributed by atoms with Crippen LogP contribution in [-0.4, -0.2) is 48.6 Å². The van der Waals surface area contributed by atoms with Gasteiger partial charge < -0.3 is 29.3 Å². The molecule has 0 bridgehead atoms. The Bertz CT molecular complexity index is 978. The molecule has 1 aliphatic carbocycles. The van der Waals surface area contributed by atoms with E-state index in [1.807, 2.05) is 12.1 Å². The zero-order valence-corrected chi connectivity index (χ0v) is 17.7. The number of hydrogen-bond donors (Lipinski definition) is 2. The van der Waals surface area contributed by atoms with E-state index in [9.17, 15) is 9.90 Å². The molecule has 7 heteroatoms. The lowest BCUT2D eigenvalue weighted by Crippen LogP contribution is -2.36. The summed E-state index contributed by atoms with van der Waals surface area (Å²) >= 11 is 0. The van der Waals surface area contributed by atoms with Crippen LogP contribution >= 0.6 is 0 Å². The largest absolute Gasteiger partial charge is 0.493 e. The Morgan fingerprint density at radius 2 is 1.87 bits per heavy atom. The van der Waals surface area contributed by atoms with Gasteiger partial charge in [-0.1, -0.05) is 12.1 Å². The molecule has 1 fully saturated rings. The maximum absolute atomic E-state index is 12.9. The molecule has 7 nitrogen and oxygen atoms in total. The number of carbonyl (C=O) groups excluding carboxylic acids is 1. The van der Waals surface area contributed by atoms with Gasteiger partial charge in [0, 0.05) is 18.3 Å². The lowest BCUT2D eigenvalue weighted by molar-refractivity contribution is -0.116. The van der Waals surface area contributed by atoms with Crippen LogP contribution in [-0.2, 0) is 4.79 Å². The van der Waals surface area contributed by atoms with Gasteiger partial charge in [0.15, 0.2) is 17.3 Å². The molecule has 0 aromatic heterocycles. The van der Waals surface area contributed by atoms with Gasteiger partial charge in [-0.3, -0.25) is 4.79 Å². The fourth-order valence-electron chi connectivity index (χ4n) is 3.36. The normalized spacial score (nSPS) is 17.9. The maximum Gasteiger partial charge on any atom is 0.294 e. The van der Waals surface area contributed by atoms with Gasteiger partial charge in [-0.05, 0) is 61.6 Å². The van der Waals surface area contributed by atoms with Crippen LogP contribution in [0.3, 0.4) is 0 Å². The smallest absolute Gasteiger partial charge is 0.294 e. The number of ether oxygens (including phenoxy) is 3. The molecule has 4 rings (SSSR count). The Balaban J connectivity index is 1.42. The van der Waals surface area contributed by atoms with Gasteiger partial charge >= 0.3 is 0 Å². The minimum Gasteiger partial charge on any atom is -0.493 e. The van der Waals surface area contributed by atoms with E-state index in [0.717, 1.165) is 0 Å². The summed E-state index contributed by atoms with van der Waals surface area (Å²) in [5.74, 6) is 2.20. The highest BCUT2D eigenvalue weighted by atomic mass is 16.5. The van der Waals surface area contributed by atoms with E-state index in [1.165, 1.54) is 32.4 Å². The molecule has 0 saturated heterocycles. The molecule has 31 heavy (non-hydrogen) atoms. The maximum atomic E-state index is 12.9. The molecule has 1 unspecified atom stereocenters. The Morgan fingerprint density at radius 3 is 2.52 bits per heavy atom. The lowest BCUT2D eigenvalue weighted by Gasteiger charge is -2.22. The minimum atomic E-state index is -1.36. The summed E-state index contributed by atoms with van der Waals surface area (Å²) in [7, 11) is 1.50. The van der Waals surface area contributed by atoms with Crippen molar-refractivity contribution in [1.82, 2.24) is 0 Å². The molecule has 2 aromatic carbocycles.